The molecule has 1 atom stereocenters. The molecule has 4 aromatic heterocycles. The SMILES string of the molecule is C[C@@](I)(Nc1ncnc2[nH]cnc12)c1cc2ncc(Cl)n2nc1-c1ccccc1F. The van der Waals surface area contributed by atoms with Gasteiger partial charge in [0.2, 0.25) is 0 Å². The van der Waals surface area contributed by atoms with E-state index in [1.165, 1.54) is 23.1 Å². The molecule has 0 fully saturated rings. The maximum Gasteiger partial charge on any atom is 0.162 e. The van der Waals surface area contributed by atoms with Crippen molar-refractivity contribution in [2.75, 3.05) is 5.32 Å². The number of nitrogens with one attached hydrogen (secondary N) is 2. The molecular formula is C19H13ClFIN8. The standard InChI is InChI=1S/C19H13ClFIN8/c1-19(22,28-18-16-17(25-8-24-16)26-9-27-18)11-6-14-23-7-13(20)30(14)29-15(11)10-4-2-3-5-12(10)21/h2-9H,1H3,(H2,24,25,26,27,28)/t19-/m1/s1. The van der Waals surface area contributed by atoms with E-state index in [0.717, 1.165) is 0 Å². The van der Waals surface area contributed by atoms with Crippen LogP contribution in [0.25, 0.3) is 28.1 Å². The highest BCUT2D eigenvalue weighted by Crippen LogP contribution is 2.39. The first-order valence-electron chi connectivity index (χ1n) is 8.85. The summed E-state index contributed by atoms with van der Waals surface area (Å²) in [6, 6.07) is 8.32. The van der Waals surface area contributed by atoms with Gasteiger partial charge in [0.15, 0.2) is 22.3 Å². The van der Waals surface area contributed by atoms with E-state index in [2.05, 4.69) is 57.9 Å². The maximum atomic E-state index is 14.7. The quantitative estimate of drug-likeness (QED) is 0.199. The van der Waals surface area contributed by atoms with Gasteiger partial charge in [0.1, 0.15) is 26.9 Å². The highest BCUT2D eigenvalue weighted by atomic mass is 127. The molecule has 0 unspecified atom stereocenters. The normalized spacial score (nSPS) is 13.6. The lowest BCUT2D eigenvalue weighted by molar-refractivity contribution is 0.629. The van der Waals surface area contributed by atoms with E-state index >= 15 is 0 Å². The number of rotatable bonds is 4. The molecule has 30 heavy (non-hydrogen) atoms. The second kappa shape index (κ2) is 7.13. The van der Waals surface area contributed by atoms with E-state index in [-0.39, 0.29) is 5.82 Å². The van der Waals surface area contributed by atoms with Crippen LogP contribution in [0.2, 0.25) is 5.15 Å². The zero-order chi connectivity index (χ0) is 20.9. The molecule has 0 saturated heterocycles. The lowest BCUT2D eigenvalue weighted by Gasteiger charge is -2.27. The molecular weight excluding hydrogens is 522 g/mol. The first kappa shape index (κ1) is 19.1. The number of alkyl halides is 1. The lowest BCUT2D eigenvalue weighted by Crippen LogP contribution is -2.27. The fourth-order valence-electron chi connectivity index (χ4n) is 3.24. The molecule has 8 nitrogen and oxygen atoms in total. The smallest absolute Gasteiger partial charge is 0.162 e. The van der Waals surface area contributed by atoms with Crippen molar-refractivity contribution in [3.63, 3.8) is 0 Å². The molecule has 5 aromatic rings. The van der Waals surface area contributed by atoms with Crippen LogP contribution in [-0.4, -0.2) is 34.5 Å². The van der Waals surface area contributed by atoms with Crippen LogP contribution in [0.1, 0.15) is 12.5 Å². The Bertz CT molecular complexity index is 1400. The first-order chi connectivity index (χ1) is 14.4. The van der Waals surface area contributed by atoms with Crippen LogP contribution in [0.4, 0.5) is 10.2 Å². The number of aromatic nitrogens is 7. The van der Waals surface area contributed by atoms with Gasteiger partial charge in [0, 0.05) is 11.1 Å². The van der Waals surface area contributed by atoms with Crippen molar-refractivity contribution in [1.82, 2.24) is 34.5 Å². The van der Waals surface area contributed by atoms with E-state index in [4.69, 9.17) is 11.6 Å². The minimum atomic E-state index is -0.747. The molecule has 11 heteroatoms. The summed E-state index contributed by atoms with van der Waals surface area (Å²) >= 11 is 8.46. The second-order valence-electron chi connectivity index (χ2n) is 6.69. The Morgan fingerprint density at radius 3 is 2.87 bits per heavy atom. The van der Waals surface area contributed by atoms with Gasteiger partial charge in [-0.05, 0) is 47.7 Å². The Hall–Kier alpha value is -2.86. The Labute approximate surface area is 188 Å². The number of anilines is 1. The van der Waals surface area contributed by atoms with Crippen molar-refractivity contribution < 1.29 is 4.39 Å². The number of nitrogens with zero attached hydrogens (tertiary/aromatic N) is 6. The van der Waals surface area contributed by atoms with Gasteiger partial charge in [-0.25, -0.2) is 28.8 Å². The molecule has 0 aliphatic rings. The topological polar surface area (TPSA) is 96.7 Å². The Balaban J connectivity index is 1.71. The van der Waals surface area contributed by atoms with E-state index in [0.29, 0.717) is 44.6 Å². The van der Waals surface area contributed by atoms with Gasteiger partial charge in [-0.1, -0.05) is 23.7 Å². The number of halogens is 3. The van der Waals surface area contributed by atoms with Gasteiger partial charge >= 0.3 is 0 Å². The van der Waals surface area contributed by atoms with Gasteiger partial charge in [0.05, 0.1) is 12.5 Å². The molecule has 0 spiro atoms. The van der Waals surface area contributed by atoms with Crippen LogP contribution in [0.5, 0.6) is 0 Å². The highest BCUT2D eigenvalue weighted by Gasteiger charge is 2.31. The molecule has 0 saturated carbocycles. The average Bonchev–Trinajstić information content (AvgIpc) is 3.35. The summed E-state index contributed by atoms with van der Waals surface area (Å²) < 4.78 is 15.4. The zero-order valence-electron chi connectivity index (χ0n) is 15.4. The van der Waals surface area contributed by atoms with Crippen LogP contribution in [0, 0.1) is 5.82 Å². The number of H-pyrrole nitrogens is 1. The first-order valence-corrected chi connectivity index (χ1v) is 10.3. The zero-order valence-corrected chi connectivity index (χ0v) is 18.3. The van der Waals surface area contributed by atoms with Gasteiger partial charge in [0.25, 0.3) is 0 Å². The Kier molecular flexibility index (Phi) is 4.54. The fourth-order valence-corrected chi connectivity index (χ4v) is 4.08. The van der Waals surface area contributed by atoms with Gasteiger partial charge in [-0.2, -0.15) is 5.10 Å². The number of hydrogen-bond acceptors (Lipinski definition) is 6. The molecule has 4 heterocycles. The summed E-state index contributed by atoms with van der Waals surface area (Å²) in [6.07, 6.45) is 4.51. The Morgan fingerprint density at radius 1 is 1.20 bits per heavy atom. The van der Waals surface area contributed by atoms with Crippen molar-refractivity contribution in [2.45, 2.75) is 10.5 Å². The predicted molar refractivity (Wildman–Crippen MR) is 120 cm³/mol. The maximum absolute atomic E-state index is 14.7. The third kappa shape index (κ3) is 3.16. The molecule has 5 rings (SSSR count). The monoisotopic (exact) mass is 534 g/mol. The van der Waals surface area contributed by atoms with E-state index < -0.39 is 3.55 Å². The van der Waals surface area contributed by atoms with Crippen LogP contribution in [0.3, 0.4) is 0 Å². The third-order valence-electron chi connectivity index (χ3n) is 4.66. The summed E-state index contributed by atoms with van der Waals surface area (Å²) in [6.45, 7) is 1.94. The summed E-state index contributed by atoms with van der Waals surface area (Å²) in [4.78, 5) is 20.0. The van der Waals surface area contributed by atoms with Crippen LogP contribution in [-0.2, 0) is 3.55 Å². The fraction of sp³-hybridized carbons (Fsp3) is 0.105. The van der Waals surface area contributed by atoms with Crippen LogP contribution < -0.4 is 5.32 Å². The van der Waals surface area contributed by atoms with E-state index in [1.54, 1.807) is 24.5 Å². The van der Waals surface area contributed by atoms with E-state index in [9.17, 15) is 4.39 Å². The van der Waals surface area contributed by atoms with Crippen LogP contribution >= 0.6 is 34.2 Å². The molecule has 1 aromatic carbocycles. The van der Waals surface area contributed by atoms with Gasteiger partial charge < -0.3 is 10.3 Å². The minimum Gasteiger partial charge on any atom is -0.350 e. The molecule has 0 radical (unpaired) electrons. The largest absolute Gasteiger partial charge is 0.350 e. The van der Waals surface area contributed by atoms with E-state index in [1.807, 2.05) is 13.0 Å². The number of aromatic amines is 1. The van der Waals surface area contributed by atoms with Gasteiger partial charge in [-0.15, -0.1) is 0 Å². The van der Waals surface area contributed by atoms with Crippen molar-refractivity contribution in [3.8, 4) is 11.3 Å². The third-order valence-corrected chi connectivity index (χ3v) is 5.76. The molecule has 0 aliphatic carbocycles. The minimum absolute atomic E-state index is 0.339. The summed E-state index contributed by atoms with van der Waals surface area (Å²) in [5, 5.41) is 8.33. The average molecular weight is 535 g/mol. The number of benzene rings is 1. The van der Waals surface area contributed by atoms with Crippen molar-refractivity contribution in [1.29, 1.82) is 0 Å². The number of imidazole rings is 2. The van der Waals surface area contributed by atoms with Crippen molar-refractivity contribution in [3.05, 3.63) is 65.7 Å². The summed E-state index contributed by atoms with van der Waals surface area (Å²) in [5.41, 5.74) is 3.28. The molecule has 2 N–H and O–H groups in total. The number of hydrogen-bond donors (Lipinski definition) is 2. The molecule has 0 aliphatic heterocycles. The lowest BCUT2D eigenvalue weighted by atomic mass is 10.0. The van der Waals surface area contributed by atoms with Crippen LogP contribution in [0.15, 0.2) is 49.2 Å². The summed E-state index contributed by atoms with van der Waals surface area (Å²) in [7, 11) is 0. The van der Waals surface area contributed by atoms with Crippen molar-refractivity contribution >= 4 is 56.8 Å². The number of fused-ring (bicyclic) bond motifs is 2. The van der Waals surface area contributed by atoms with Gasteiger partial charge in [-0.3, -0.25) is 0 Å². The van der Waals surface area contributed by atoms with Crippen molar-refractivity contribution in [2.24, 2.45) is 0 Å². The predicted octanol–water partition coefficient (Wildman–Crippen LogP) is 4.57. The highest BCUT2D eigenvalue weighted by molar-refractivity contribution is 14.1. The summed E-state index contributed by atoms with van der Waals surface area (Å²) in [5.74, 6) is 0.157. The Morgan fingerprint density at radius 2 is 2.03 bits per heavy atom. The molecule has 150 valence electrons. The second-order valence-corrected chi connectivity index (χ2v) is 9.23. The molecule has 0 amide bonds. The molecule has 0 bridgehead atoms.